The van der Waals surface area contributed by atoms with Gasteiger partial charge in [-0.05, 0) is 73.8 Å². The summed E-state index contributed by atoms with van der Waals surface area (Å²) in [6.45, 7) is 0.490. The monoisotopic (exact) mass is 397 g/mol. The van der Waals surface area contributed by atoms with Gasteiger partial charge >= 0.3 is 5.97 Å². The molecule has 2 heterocycles. The number of imidazole rings is 1. The Labute approximate surface area is 169 Å². The number of fused-ring (bicyclic) bond motifs is 1. The Hall–Kier alpha value is -2.41. The molecule has 0 saturated heterocycles. The van der Waals surface area contributed by atoms with Crippen LogP contribution >= 0.6 is 0 Å². The Morgan fingerprint density at radius 2 is 1.86 bits per heavy atom. The number of amides is 1. The summed E-state index contributed by atoms with van der Waals surface area (Å²) in [6, 6.07) is 5.45. The van der Waals surface area contributed by atoms with Crippen LogP contribution in [0.4, 0.5) is 0 Å². The van der Waals surface area contributed by atoms with Crippen molar-refractivity contribution in [2.45, 2.75) is 45.1 Å². The van der Waals surface area contributed by atoms with E-state index >= 15 is 0 Å². The molecule has 0 atom stereocenters. The van der Waals surface area contributed by atoms with Gasteiger partial charge in [0.25, 0.3) is 5.91 Å². The average molecular weight is 397 g/mol. The van der Waals surface area contributed by atoms with E-state index in [0.29, 0.717) is 22.5 Å². The summed E-state index contributed by atoms with van der Waals surface area (Å²) < 4.78 is 6.88. The molecular weight excluding hydrogens is 370 g/mol. The summed E-state index contributed by atoms with van der Waals surface area (Å²) >= 11 is 0. The molecular formula is C22H27N3O4. The number of pyridine rings is 1. The van der Waals surface area contributed by atoms with Gasteiger partial charge in [-0.1, -0.05) is 6.07 Å². The zero-order valence-corrected chi connectivity index (χ0v) is 16.5. The summed E-state index contributed by atoms with van der Waals surface area (Å²) in [5.41, 5.74) is 2.10. The molecule has 7 heteroatoms. The number of ether oxygens (including phenoxy) is 1. The van der Waals surface area contributed by atoms with Crippen LogP contribution in [0.15, 0.2) is 24.4 Å². The van der Waals surface area contributed by atoms with Crippen LogP contribution in [0.2, 0.25) is 0 Å². The summed E-state index contributed by atoms with van der Waals surface area (Å²) in [4.78, 5) is 28.0. The van der Waals surface area contributed by atoms with Gasteiger partial charge in [0.15, 0.2) is 0 Å². The van der Waals surface area contributed by atoms with Crippen molar-refractivity contribution in [3.8, 4) is 0 Å². The molecule has 7 nitrogen and oxygen atoms in total. The Bertz CT molecular complexity index is 915. The number of carbonyl (C=O) groups is 2. The van der Waals surface area contributed by atoms with E-state index in [1.54, 1.807) is 16.7 Å². The molecule has 6 rings (SSSR count). The molecule has 0 aliphatic heterocycles. The number of aliphatic carboxylic acids is 1. The van der Waals surface area contributed by atoms with Crippen LogP contribution in [0, 0.1) is 23.2 Å². The molecule has 0 radical (unpaired) electrons. The fourth-order valence-electron chi connectivity index (χ4n) is 6.42. The maximum absolute atomic E-state index is 13.0. The van der Waals surface area contributed by atoms with Crippen LogP contribution in [0.25, 0.3) is 5.65 Å². The van der Waals surface area contributed by atoms with Crippen LogP contribution < -0.4 is 5.32 Å². The Kier molecular flexibility index (Phi) is 4.57. The summed E-state index contributed by atoms with van der Waals surface area (Å²) in [5.74, 6) is 1.50. The third-order valence-corrected chi connectivity index (χ3v) is 7.04. The van der Waals surface area contributed by atoms with E-state index in [4.69, 9.17) is 9.84 Å². The molecule has 4 aliphatic carbocycles. The average Bonchev–Trinajstić information content (AvgIpc) is 3.07. The second kappa shape index (κ2) is 7.13. The highest BCUT2D eigenvalue weighted by molar-refractivity contribution is 5.93. The molecule has 1 amide bonds. The van der Waals surface area contributed by atoms with Crippen LogP contribution in [0.5, 0.6) is 0 Å². The van der Waals surface area contributed by atoms with Gasteiger partial charge in [-0.3, -0.25) is 9.20 Å². The SMILES string of the molecule is O=C(O)COCc1cn2c(C(=O)NCC34CC5CC(CC(C5)C3)C4)cccc2n1. The van der Waals surface area contributed by atoms with E-state index in [9.17, 15) is 9.59 Å². The molecule has 4 aliphatic rings. The zero-order chi connectivity index (χ0) is 20.0. The van der Waals surface area contributed by atoms with Gasteiger partial charge in [-0.15, -0.1) is 0 Å². The van der Waals surface area contributed by atoms with Crippen molar-refractivity contribution in [1.29, 1.82) is 0 Å². The highest BCUT2D eigenvalue weighted by Crippen LogP contribution is 2.59. The Balaban J connectivity index is 1.28. The van der Waals surface area contributed by atoms with Crippen LogP contribution in [0.1, 0.15) is 54.7 Å². The van der Waals surface area contributed by atoms with E-state index in [-0.39, 0.29) is 19.1 Å². The predicted molar refractivity (Wildman–Crippen MR) is 105 cm³/mol. The van der Waals surface area contributed by atoms with Gasteiger partial charge in [-0.25, -0.2) is 9.78 Å². The van der Waals surface area contributed by atoms with Gasteiger partial charge in [0, 0.05) is 12.7 Å². The van der Waals surface area contributed by atoms with E-state index in [0.717, 1.165) is 24.3 Å². The van der Waals surface area contributed by atoms with Crippen molar-refractivity contribution in [2.24, 2.45) is 23.2 Å². The van der Waals surface area contributed by atoms with E-state index < -0.39 is 5.97 Å². The molecule has 29 heavy (non-hydrogen) atoms. The van der Waals surface area contributed by atoms with Gasteiger partial charge in [0.1, 0.15) is 17.9 Å². The molecule has 2 aromatic rings. The summed E-state index contributed by atoms with van der Waals surface area (Å²) in [6.07, 6.45) is 9.73. The lowest BCUT2D eigenvalue weighted by Crippen LogP contribution is -2.51. The first kappa shape index (κ1) is 18.6. The first-order valence-electron chi connectivity index (χ1n) is 10.5. The standard InChI is InChI=1S/C22H27N3O4/c26-20(27)12-29-11-17-10-25-18(2-1-3-19(25)24-17)21(28)23-13-22-7-14-4-15(8-22)6-16(5-14)9-22/h1-3,10,14-16H,4-9,11-13H2,(H,23,28)(H,26,27). The molecule has 4 saturated carbocycles. The third kappa shape index (κ3) is 3.64. The van der Waals surface area contributed by atoms with E-state index in [1.165, 1.54) is 38.5 Å². The molecule has 0 unspecified atom stereocenters. The normalized spacial score (nSPS) is 30.0. The second-order valence-corrected chi connectivity index (χ2v) is 9.36. The maximum Gasteiger partial charge on any atom is 0.329 e. The fraction of sp³-hybridized carbons (Fsp3) is 0.591. The second-order valence-electron chi connectivity index (χ2n) is 9.36. The number of rotatable bonds is 7. The highest BCUT2D eigenvalue weighted by atomic mass is 16.5. The van der Waals surface area contributed by atoms with Crippen molar-refractivity contribution in [3.05, 3.63) is 35.8 Å². The van der Waals surface area contributed by atoms with Crippen molar-refractivity contribution < 1.29 is 19.4 Å². The molecule has 0 aromatic carbocycles. The van der Waals surface area contributed by atoms with Gasteiger partial charge in [-0.2, -0.15) is 0 Å². The van der Waals surface area contributed by atoms with Crippen LogP contribution in [-0.4, -0.2) is 39.5 Å². The van der Waals surface area contributed by atoms with Crippen LogP contribution in [-0.2, 0) is 16.1 Å². The number of carboxylic acid groups (broad SMARTS) is 1. The molecule has 154 valence electrons. The van der Waals surface area contributed by atoms with Crippen molar-refractivity contribution in [3.63, 3.8) is 0 Å². The van der Waals surface area contributed by atoms with Crippen LogP contribution in [0.3, 0.4) is 0 Å². The van der Waals surface area contributed by atoms with Crippen molar-refractivity contribution >= 4 is 17.5 Å². The molecule has 4 bridgehead atoms. The first-order valence-corrected chi connectivity index (χ1v) is 10.5. The lowest BCUT2D eigenvalue weighted by atomic mass is 9.49. The third-order valence-electron chi connectivity index (χ3n) is 7.04. The topological polar surface area (TPSA) is 92.9 Å². The maximum atomic E-state index is 13.0. The molecule has 0 spiro atoms. The largest absolute Gasteiger partial charge is 0.480 e. The predicted octanol–water partition coefficient (Wildman–Crippen LogP) is 2.88. The number of nitrogens with zero attached hydrogens (tertiary/aromatic N) is 2. The highest BCUT2D eigenvalue weighted by Gasteiger charge is 2.50. The number of nitrogens with one attached hydrogen (secondary N) is 1. The number of carboxylic acids is 1. The smallest absolute Gasteiger partial charge is 0.329 e. The fourth-order valence-corrected chi connectivity index (χ4v) is 6.42. The minimum Gasteiger partial charge on any atom is -0.480 e. The molecule has 2 aromatic heterocycles. The first-order chi connectivity index (χ1) is 14.0. The van der Waals surface area contributed by atoms with E-state index in [1.807, 2.05) is 12.1 Å². The van der Waals surface area contributed by atoms with Crippen molar-refractivity contribution in [1.82, 2.24) is 14.7 Å². The number of aromatic nitrogens is 2. The minimum atomic E-state index is -1.02. The quantitative estimate of drug-likeness (QED) is 0.749. The molecule has 2 N–H and O–H groups in total. The number of carbonyl (C=O) groups excluding carboxylic acids is 1. The van der Waals surface area contributed by atoms with Gasteiger partial charge in [0.05, 0.1) is 12.3 Å². The van der Waals surface area contributed by atoms with Gasteiger partial charge < -0.3 is 15.2 Å². The minimum absolute atomic E-state index is 0.0817. The van der Waals surface area contributed by atoms with Gasteiger partial charge in [0.2, 0.25) is 0 Å². The number of hydrogen-bond donors (Lipinski definition) is 2. The summed E-state index contributed by atoms with van der Waals surface area (Å²) in [7, 11) is 0. The Morgan fingerprint density at radius 1 is 1.17 bits per heavy atom. The lowest BCUT2D eigenvalue weighted by molar-refractivity contribution is -0.142. The van der Waals surface area contributed by atoms with Crippen molar-refractivity contribution in [2.75, 3.05) is 13.2 Å². The van der Waals surface area contributed by atoms with E-state index in [2.05, 4.69) is 10.3 Å². The molecule has 4 fully saturated rings. The Morgan fingerprint density at radius 3 is 2.52 bits per heavy atom. The lowest BCUT2D eigenvalue weighted by Gasteiger charge is -2.56. The zero-order valence-electron chi connectivity index (χ0n) is 16.5. The summed E-state index contributed by atoms with van der Waals surface area (Å²) in [5, 5.41) is 11.9. The number of hydrogen-bond acceptors (Lipinski definition) is 4.